The van der Waals surface area contributed by atoms with E-state index < -0.39 is 0 Å². The molecule has 6 heteroatoms. The van der Waals surface area contributed by atoms with Gasteiger partial charge in [0.05, 0.1) is 0 Å². The second-order valence-electron chi connectivity index (χ2n) is 3.45. The van der Waals surface area contributed by atoms with E-state index >= 15 is 0 Å². The molecule has 0 saturated carbocycles. The third kappa shape index (κ3) is 3.72. The van der Waals surface area contributed by atoms with Gasteiger partial charge in [-0.3, -0.25) is 5.32 Å². The predicted molar refractivity (Wildman–Crippen MR) is 76.0 cm³/mol. The molecule has 0 spiro atoms. The molecule has 0 aliphatic heterocycles. The first-order chi connectivity index (χ1) is 8.63. The summed E-state index contributed by atoms with van der Waals surface area (Å²) in [7, 11) is 0. The number of halogens is 2. The standard InChI is InChI=1S/C12H9BrClN3O/c13-8-4-5-11(15-7-8)17-12(18)16-10-3-1-2-9(14)6-10/h1-7H,(H2,15,16,17,18). The second kappa shape index (κ2) is 5.84. The van der Waals surface area contributed by atoms with Crippen LogP contribution in [0.25, 0.3) is 0 Å². The zero-order valence-electron chi connectivity index (χ0n) is 9.15. The molecule has 4 nitrogen and oxygen atoms in total. The van der Waals surface area contributed by atoms with Crippen LogP contribution >= 0.6 is 27.5 Å². The Kier molecular flexibility index (Phi) is 4.17. The first-order valence-electron chi connectivity index (χ1n) is 5.08. The number of pyridine rings is 1. The Morgan fingerprint density at radius 3 is 2.72 bits per heavy atom. The lowest BCUT2D eigenvalue weighted by atomic mass is 10.3. The number of aromatic nitrogens is 1. The quantitative estimate of drug-likeness (QED) is 0.871. The number of nitrogens with zero attached hydrogens (tertiary/aromatic N) is 1. The van der Waals surface area contributed by atoms with Crippen molar-refractivity contribution in [1.82, 2.24) is 4.98 Å². The average Bonchev–Trinajstić information content (AvgIpc) is 2.32. The summed E-state index contributed by atoms with van der Waals surface area (Å²) in [4.78, 5) is 15.7. The Hall–Kier alpha value is -1.59. The molecule has 0 fully saturated rings. The van der Waals surface area contributed by atoms with Crippen LogP contribution < -0.4 is 10.6 Å². The molecule has 2 aromatic rings. The largest absolute Gasteiger partial charge is 0.324 e. The predicted octanol–water partition coefficient (Wildman–Crippen LogP) is 4.14. The fourth-order valence-electron chi connectivity index (χ4n) is 1.29. The molecule has 0 aliphatic rings. The number of carbonyl (C=O) groups excluding carboxylic acids is 1. The van der Waals surface area contributed by atoms with E-state index in [1.54, 1.807) is 42.6 Å². The molecule has 0 saturated heterocycles. The monoisotopic (exact) mass is 325 g/mol. The fraction of sp³-hybridized carbons (Fsp3) is 0. The lowest BCUT2D eigenvalue weighted by Crippen LogP contribution is -2.19. The summed E-state index contributed by atoms with van der Waals surface area (Å²) in [5.74, 6) is 0.470. The van der Waals surface area contributed by atoms with Crippen molar-refractivity contribution >= 4 is 45.1 Å². The molecule has 0 aliphatic carbocycles. The van der Waals surface area contributed by atoms with Crippen molar-refractivity contribution < 1.29 is 4.79 Å². The van der Waals surface area contributed by atoms with Crippen LogP contribution in [-0.4, -0.2) is 11.0 Å². The van der Waals surface area contributed by atoms with Gasteiger partial charge >= 0.3 is 6.03 Å². The molecule has 2 amide bonds. The number of hydrogen-bond donors (Lipinski definition) is 2. The maximum absolute atomic E-state index is 11.7. The molecular formula is C12H9BrClN3O. The van der Waals surface area contributed by atoms with Crippen molar-refractivity contribution in [3.8, 4) is 0 Å². The minimum atomic E-state index is -0.368. The minimum absolute atomic E-state index is 0.368. The summed E-state index contributed by atoms with van der Waals surface area (Å²) in [5, 5.41) is 5.84. The Morgan fingerprint density at radius 1 is 1.22 bits per heavy atom. The lowest BCUT2D eigenvalue weighted by Gasteiger charge is -2.07. The van der Waals surface area contributed by atoms with E-state index in [4.69, 9.17) is 11.6 Å². The third-order valence-electron chi connectivity index (χ3n) is 2.05. The number of rotatable bonds is 2. The molecule has 0 atom stereocenters. The first kappa shape index (κ1) is 12.9. The average molecular weight is 327 g/mol. The van der Waals surface area contributed by atoms with E-state index in [-0.39, 0.29) is 6.03 Å². The van der Waals surface area contributed by atoms with Crippen LogP contribution in [0.1, 0.15) is 0 Å². The zero-order chi connectivity index (χ0) is 13.0. The van der Waals surface area contributed by atoms with Crippen molar-refractivity contribution in [3.63, 3.8) is 0 Å². The van der Waals surface area contributed by atoms with Crippen LogP contribution in [0.3, 0.4) is 0 Å². The number of urea groups is 1. The SMILES string of the molecule is O=C(Nc1cccc(Cl)c1)Nc1ccc(Br)cn1. The third-order valence-corrected chi connectivity index (χ3v) is 2.76. The van der Waals surface area contributed by atoms with Crippen molar-refractivity contribution in [2.75, 3.05) is 10.6 Å². The van der Waals surface area contributed by atoms with E-state index in [1.165, 1.54) is 0 Å². The topological polar surface area (TPSA) is 54.0 Å². The highest BCUT2D eigenvalue weighted by molar-refractivity contribution is 9.10. The Balaban J connectivity index is 1.98. The van der Waals surface area contributed by atoms with Gasteiger partial charge in [0.15, 0.2) is 0 Å². The molecule has 2 rings (SSSR count). The Morgan fingerprint density at radius 2 is 2.06 bits per heavy atom. The highest BCUT2D eigenvalue weighted by Gasteiger charge is 2.03. The number of amides is 2. The molecule has 0 bridgehead atoms. The molecule has 0 unspecified atom stereocenters. The van der Waals surface area contributed by atoms with Gasteiger partial charge in [0.25, 0.3) is 0 Å². The van der Waals surface area contributed by atoms with Crippen LogP contribution in [0.15, 0.2) is 47.1 Å². The van der Waals surface area contributed by atoms with Gasteiger partial charge in [0.1, 0.15) is 5.82 Å². The van der Waals surface area contributed by atoms with Crippen molar-refractivity contribution in [2.24, 2.45) is 0 Å². The van der Waals surface area contributed by atoms with Gasteiger partial charge in [-0.25, -0.2) is 9.78 Å². The molecular weight excluding hydrogens is 318 g/mol. The summed E-state index contributed by atoms with van der Waals surface area (Å²) in [5.41, 5.74) is 0.622. The van der Waals surface area contributed by atoms with Gasteiger partial charge < -0.3 is 5.32 Å². The van der Waals surface area contributed by atoms with Crippen molar-refractivity contribution in [2.45, 2.75) is 0 Å². The van der Waals surface area contributed by atoms with Gasteiger partial charge in [-0.1, -0.05) is 17.7 Å². The Labute approximate surface area is 118 Å². The van der Waals surface area contributed by atoms with Crippen LogP contribution in [0, 0.1) is 0 Å². The number of benzene rings is 1. The van der Waals surface area contributed by atoms with E-state index in [0.717, 1.165) is 4.47 Å². The molecule has 1 aromatic heterocycles. The molecule has 2 N–H and O–H groups in total. The minimum Gasteiger partial charge on any atom is -0.308 e. The van der Waals surface area contributed by atoms with Gasteiger partial charge in [-0.2, -0.15) is 0 Å². The van der Waals surface area contributed by atoms with Gasteiger partial charge in [-0.05, 0) is 46.3 Å². The van der Waals surface area contributed by atoms with Gasteiger partial charge in [0.2, 0.25) is 0 Å². The summed E-state index contributed by atoms with van der Waals surface area (Å²) in [6.07, 6.45) is 1.61. The van der Waals surface area contributed by atoms with E-state index in [2.05, 4.69) is 31.5 Å². The summed E-state index contributed by atoms with van der Waals surface area (Å²) in [6.45, 7) is 0. The summed E-state index contributed by atoms with van der Waals surface area (Å²) < 4.78 is 0.850. The summed E-state index contributed by atoms with van der Waals surface area (Å²) in [6, 6.07) is 10.0. The second-order valence-corrected chi connectivity index (χ2v) is 4.80. The van der Waals surface area contributed by atoms with E-state index in [1.807, 2.05) is 0 Å². The number of carbonyl (C=O) groups is 1. The number of nitrogens with one attached hydrogen (secondary N) is 2. The highest BCUT2D eigenvalue weighted by atomic mass is 79.9. The normalized spacial score (nSPS) is 9.89. The van der Waals surface area contributed by atoms with Crippen LogP contribution in [-0.2, 0) is 0 Å². The van der Waals surface area contributed by atoms with Gasteiger partial charge in [-0.15, -0.1) is 0 Å². The molecule has 1 aromatic carbocycles. The lowest BCUT2D eigenvalue weighted by molar-refractivity contribution is 0.262. The maximum Gasteiger partial charge on any atom is 0.324 e. The first-order valence-corrected chi connectivity index (χ1v) is 6.26. The molecule has 92 valence electrons. The molecule has 0 radical (unpaired) electrons. The van der Waals surface area contributed by atoms with E-state index in [9.17, 15) is 4.79 Å². The van der Waals surface area contributed by atoms with Crippen molar-refractivity contribution in [1.29, 1.82) is 0 Å². The Bertz CT molecular complexity index is 560. The molecule has 18 heavy (non-hydrogen) atoms. The number of hydrogen-bond acceptors (Lipinski definition) is 2. The van der Waals surface area contributed by atoms with Crippen LogP contribution in [0.5, 0.6) is 0 Å². The van der Waals surface area contributed by atoms with Crippen LogP contribution in [0.4, 0.5) is 16.3 Å². The number of anilines is 2. The highest BCUT2D eigenvalue weighted by Crippen LogP contribution is 2.15. The fourth-order valence-corrected chi connectivity index (χ4v) is 1.72. The maximum atomic E-state index is 11.7. The molecule has 1 heterocycles. The summed E-state index contributed by atoms with van der Waals surface area (Å²) >= 11 is 9.08. The zero-order valence-corrected chi connectivity index (χ0v) is 11.5. The smallest absolute Gasteiger partial charge is 0.308 e. The van der Waals surface area contributed by atoms with E-state index in [0.29, 0.717) is 16.5 Å². The van der Waals surface area contributed by atoms with Crippen molar-refractivity contribution in [3.05, 3.63) is 52.1 Å². The van der Waals surface area contributed by atoms with Crippen LogP contribution in [0.2, 0.25) is 5.02 Å². The van der Waals surface area contributed by atoms with Gasteiger partial charge in [0, 0.05) is 21.4 Å².